The number of fused-ring (bicyclic) bond motifs is 8. The summed E-state index contributed by atoms with van der Waals surface area (Å²) in [5.74, 6) is 0. The van der Waals surface area contributed by atoms with Crippen molar-refractivity contribution >= 4 is 71.9 Å². The maximum atomic E-state index is 5.10. The molecule has 8 aromatic carbocycles. The lowest BCUT2D eigenvalue weighted by Gasteiger charge is -2.18. The molecule has 0 radical (unpaired) electrons. The summed E-state index contributed by atoms with van der Waals surface area (Å²) in [6, 6.07) is 57.2. The highest BCUT2D eigenvalue weighted by atomic mass is 15.0. The lowest BCUT2D eigenvalue weighted by molar-refractivity contribution is 1.21. The van der Waals surface area contributed by atoms with Gasteiger partial charge in [0.1, 0.15) is 5.65 Å². The van der Waals surface area contributed by atoms with Crippen molar-refractivity contribution < 1.29 is 0 Å². The van der Waals surface area contributed by atoms with Gasteiger partial charge in [-0.1, -0.05) is 153 Å². The van der Waals surface area contributed by atoms with Crippen LogP contribution in [0.25, 0.3) is 105 Å². The van der Waals surface area contributed by atoms with Crippen LogP contribution in [0.5, 0.6) is 0 Å². The van der Waals surface area contributed by atoms with E-state index in [1.165, 1.54) is 54.6 Å². The van der Waals surface area contributed by atoms with E-state index in [4.69, 9.17) is 4.98 Å². The summed E-state index contributed by atoms with van der Waals surface area (Å²) in [4.78, 5) is 5.10. The normalized spacial score (nSPS) is 11.7. The zero-order valence-corrected chi connectivity index (χ0v) is 28.0. The third kappa shape index (κ3) is 4.40. The van der Waals surface area contributed by atoms with E-state index in [2.05, 4.69) is 169 Å². The Morgan fingerprint density at radius 3 is 1.69 bits per heavy atom. The Kier molecular flexibility index (Phi) is 6.52. The van der Waals surface area contributed by atoms with E-state index in [1.807, 2.05) is 18.2 Å². The Balaban J connectivity index is 1.15. The summed E-state index contributed by atoms with van der Waals surface area (Å²) in [7, 11) is 0. The minimum absolute atomic E-state index is 0.926. The van der Waals surface area contributed by atoms with Gasteiger partial charge in [-0.05, 0) is 101 Å². The molecule has 2 aromatic heterocycles. The number of aromatic nitrogens is 2. The average molecular weight is 649 g/mol. The smallest absolute Gasteiger partial charge is 0.146 e. The van der Waals surface area contributed by atoms with E-state index >= 15 is 0 Å². The second-order valence-corrected chi connectivity index (χ2v) is 13.2. The molecule has 0 aliphatic carbocycles. The van der Waals surface area contributed by atoms with Crippen LogP contribution >= 0.6 is 0 Å². The predicted octanol–water partition coefficient (Wildman–Crippen LogP) is 13.4. The number of nitrogens with zero attached hydrogens (tertiary/aromatic N) is 2. The van der Waals surface area contributed by atoms with Crippen LogP contribution in [0.2, 0.25) is 0 Å². The third-order valence-corrected chi connectivity index (χ3v) is 10.5. The number of rotatable bonds is 5. The van der Waals surface area contributed by atoms with E-state index in [0.717, 1.165) is 49.8 Å². The van der Waals surface area contributed by atoms with Crippen molar-refractivity contribution in [2.45, 2.75) is 0 Å². The van der Waals surface area contributed by atoms with Gasteiger partial charge in [0.25, 0.3) is 0 Å². The first-order valence-electron chi connectivity index (χ1n) is 17.4. The molecule has 51 heavy (non-hydrogen) atoms. The van der Waals surface area contributed by atoms with Gasteiger partial charge in [-0.3, -0.25) is 4.40 Å². The van der Waals surface area contributed by atoms with Gasteiger partial charge in [-0.15, -0.1) is 0 Å². The number of hydrogen-bond donors (Lipinski definition) is 0. The van der Waals surface area contributed by atoms with Crippen LogP contribution in [-0.2, 0) is 0 Å². The fourth-order valence-electron chi connectivity index (χ4n) is 8.19. The van der Waals surface area contributed by atoms with Gasteiger partial charge in [0.15, 0.2) is 0 Å². The average Bonchev–Trinajstić information content (AvgIpc) is 3.59. The number of hydrogen-bond acceptors (Lipinski definition) is 1. The molecule has 0 spiro atoms. The molecule has 0 unspecified atom stereocenters. The Labute approximate surface area is 295 Å². The lowest BCUT2D eigenvalue weighted by Crippen LogP contribution is -1.97. The highest BCUT2D eigenvalue weighted by molar-refractivity contribution is 6.21. The molecule has 0 N–H and O–H groups in total. The van der Waals surface area contributed by atoms with Gasteiger partial charge in [-0.2, -0.15) is 0 Å². The van der Waals surface area contributed by atoms with Gasteiger partial charge in [0.05, 0.1) is 16.7 Å². The monoisotopic (exact) mass is 648 g/mol. The molecule has 0 bridgehead atoms. The van der Waals surface area contributed by atoms with Gasteiger partial charge in [-0.25, -0.2) is 4.98 Å². The molecular formula is C49H32N2. The zero-order valence-electron chi connectivity index (χ0n) is 28.0. The Bertz CT molecular complexity index is 2990. The molecule has 0 saturated carbocycles. The minimum atomic E-state index is 0.926. The summed E-state index contributed by atoms with van der Waals surface area (Å²) < 4.78 is 2.21. The molecule has 0 atom stereocenters. The summed E-state index contributed by atoms with van der Waals surface area (Å²) in [6.07, 6.45) is 3.84. The van der Waals surface area contributed by atoms with E-state index in [-0.39, 0.29) is 0 Å². The lowest BCUT2D eigenvalue weighted by atomic mass is 9.85. The van der Waals surface area contributed by atoms with Crippen LogP contribution in [0.15, 0.2) is 171 Å². The van der Waals surface area contributed by atoms with Crippen LogP contribution in [-0.4, -0.2) is 9.38 Å². The van der Waals surface area contributed by atoms with Crippen molar-refractivity contribution in [2.75, 3.05) is 0 Å². The first-order valence-corrected chi connectivity index (χ1v) is 17.4. The number of para-hydroxylation sites is 2. The molecule has 2 heterocycles. The predicted molar refractivity (Wildman–Crippen MR) is 219 cm³/mol. The standard InChI is InChI=1S/C49H32N2/c1-3-37-38-28-27-35(30-43(38)49-50-44-19-11-12-20-46(44)51(49)45(37)4-2)32-21-24-33(25-22-32)47-39-15-7-9-17-41(39)48(42-18-10-8-16-40(42)47)36-26-23-31-13-5-6-14-34(31)29-36/h3-30H,1-2H2. The van der Waals surface area contributed by atoms with Crippen LogP contribution in [0.3, 0.4) is 0 Å². The first kappa shape index (κ1) is 29.2. The Morgan fingerprint density at radius 2 is 1.00 bits per heavy atom. The molecule has 238 valence electrons. The Morgan fingerprint density at radius 1 is 0.431 bits per heavy atom. The molecule has 0 aliphatic rings. The SMILES string of the molecule is C=Cc1c(C=C)n2c3ccccc3nc2c2cc(-c3ccc(-c4c5ccccc5c(-c5ccc6ccccc6c5)c5ccccc45)cc3)ccc12. The second-order valence-electron chi connectivity index (χ2n) is 13.2. The molecule has 0 amide bonds. The molecule has 0 fully saturated rings. The largest absolute Gasteiger partial charge is 0.292 e. The minimum Gasteiger partial charge on any atom is -0.292 e. The fraction of sp³-hybridized carbons (Fsp3) is 0. The molecule has 2 nitrogen and oxygen atoms in total. The van der Waals surface area contributed by atoms with Crippen molar-refractivity contribution in [2.24, 2.45) is 0 Å². The highest BCUT2D eigenvalue weighted by Gasteiger charge is 2.18. The van der Waals surface area contributed by atoms with Gasteiger partial charge in [0.2, 0.25) is 0 Å². The molecule has 10 rings (SSSR count). The number of imidazole rings is 1. The van der Waals surface area contributed by atoms with E-state index in [0.29, 0.717) is 0 Å². The van der Waals surface area contributed by atoms with Crippen LogP contribution < -0.4 is 0 Å². The van der Waals surface area contributed by atoms with Gasteiger partial charge in [0, 0.05) is 10.9 Å². The Hall–Kier alpha value is -6.77. The van der Waals surface area contributed by atoms with Gasteiger partial charge < -0.3 is 0 Å². The third-order valence-electron chi connectivity index (χ3n) is 10.5. The highest BCUT2D eigenvalue weighted by Crippen LogP contribution is 2.44. The van der Waals surface area contributed by atoms with E-state index < -0.39 is 0 Å². The van der Waals surface area contributed by atoms with E-state index in [9.17, 15) is 0 Å². The quantitative estimate of drug-likeness (QED) is 0.170. The zero-order chi connectivity index (χ0) is 34.1. The van der Waals surface area contributed by atoms with Crippen molar-refractivity contribution in [3.8, 4) is 33.4 Å². The molecular weight excluding hydrogens is 617 g/mol. The topological polar surface area (TPSA) is 17.3 Å². The summed E-state index contributed by atoms with van der Waals surface area (Å²) >= 11 is 0. The van der Waals surface area contributed by atoms with E-state index in [1.54, 1.807) is 0 Å². The molecule has 10 aromatic rings. The number of benzene rings is 8. The molecule has 2 heteroatoms. The number of pyridine rings is 1. The summed E-state index contributed by atoms with van der Waals surface area (Å²) in [5, 5.41) is 9.73. The maximum Gasteiger partial charge on any atom is 0.146 e. The van der Waals surface area contributed by atoms with Crippen LogP contribution in [0.4, 0.5) is 0 Å². The first-order chi connectivity index (χ1) is 25.2. The van der Waals surface area contributed by atoms with Crippen LogP contribution in [0, 0.1) is 0 Å². The maximum absolute atomic E-state index is 5.10. The molecule has 0 aliphatic heterocycles. The van der Waals surface area contributed by atoms with Crippen molar-refractivity contribution in [1.82, 2.24) is 9.38 Å². The van der Waals surface area contributed by atoms with Crippen molar-refractivity contribution in [3.63, 3.8) is 0 Å². The summed E-state index contributed by atoms with van der Waals surface area (Å²) in [5.41, 5.74) is 12.3. The second kappa shape index (κ2) is 11.4. The van der Waals surface area contributed by atoms with Crippen LogP contribution in [0.1, 0.15) is 11.3 Å². The fourth-order valence-corrected chi connectivity index (χ4v) is 8.19. The summed E-state index contributed by atoms with van der Waals surface area (Å²) in [6.45, 7) is 8.33. The molecule has 0 saturated heterocycles. The van der Waals surface area contributed by atoms with Gasteiger partial charge >= 0.3 is 0 Å². The van der Waals surface area contributed by atoms with Crippen molar-refractivity contribution in [3.05, 3.63) is 182 Å². The van der Waals surface area contributed by atoms with Crippen molar-refractivity contribution in [1.29, 1.82) is 0 Å².